The quantitative estimate of drug-likeness (QED) is 0.0905. The summed E-state index contributed by atoms with van der Waals surface area (Å²) in [6, 6.07) is 86.7. The maximum absolute atomic E-state index is 8.04. The first-order valence-electron chi connectivity index (χ1n) is 20.6. The molecule has 0 bridgehead atoms. The molecule has 0 fully saturated rings. The van der Waals surface area contributed by atoms with Gasteiger partial charge in [0.15, 0.2) is 0 Å². The molecule has 290 valence electrons. The van der Waals surface area contributed by atoms with E-state index in [-0.39, 0.29) is 0 Å². The van der Waals surface area contributed by atoms with E-state index in [1.807, 2.05) is 0 Å². The van der Waals surface area contributed by atoms with Crippen LogP contribution in [0.1, 0.15) is 11.1 Å². The van der Waals surface area contributed by atoms with Crippen molar-refractivity contribution >= 4 is 47.8 Å². The van der Waals surface area contributed by atoms with E-state index >= 15 is 0 Å². The van der Waals surface area contributed by atoms with Gasteiger partial charge in [-0.05, 0) is 79.4 Å². The van der Waals surface area contributed by atoms with Crippen molar-refractivity contribution in [3.05, 3.63) is 254 Å². The minimum absolute atomic E-state index is 0.810. The van der Waals surface area contributed by atoms with E-state index < -0.39 is 16.6 Å². The van der Waals surface area contributed by atoms with Crippen LogP contribution in [0.4, 0.5) is 0 Å². The highest BCUT2D eigenvalue weighted by atomic mass is 28.4. The van der Waals surface area contributed by atoms with E-state index in [2.05, 4.69) is 257 Å². The summed E-state index contributed by atoms with van der Waals surface area (Å²) < 4.78 is 16.1. The minimum atomic E-state index is -3.24. The summed E-state index contributed by atoms with van der Waals surface area (Å²) in [5.74, 6) is 1.62. The Bertz CT molecular complexity index is 2420. The molecule has 0 N–H and O–H groups in total. The molecule has 9 aromatic carbocycles. The van der Waals surface area contributed by atoms with Gasteiger partial charge >= 0.3 is 16.6 Å². The van der Waals surface area contributed by atoms with Crippen molar-refractivity contribution < 1.29 is 8.85 Å². The molecule has 0 atom stereocenters. The van der Waals surface area contributed by atoms with E-state index in [1.54, 1.807) is 0 Å². The Kier molecular flexibility index (Phi) is 11.0. The van der Waals surface area contributed by atoms with Crippen LogP contribution in [-0.2, 0) is 0 Å². The molecule has 0 aliphatic carbocycles. The van der Waals surface area contributed by atoms with Crippen molar-refractivity contribution in [1.29, 1.82) is 0 Å². The number of aryl methyl sites for hydroxylation is 2. The van der Waals surface area contributed by atoms with Crippen LogP contribution in [0.25, 0.3) is 22.3 Å². The predicted molar refractivity (Wildman–Crippen MR) is 256 cm³/mol. The fourth-order valence-corrected chi connectivity index (χ4v) is 16.3. The summed E-state index contributed by atoms with van der Waals surface area (Å²) in [7, 11) is -6.48. The first-order valence-corrected chi connectivity index (χ1v) is 24.4. The second-order valence-corrected chi connectivity index (χ2v) is 21.8. The maximum atomic E-state index is 8.04. The normalized spacial score (nSPS) is 11.5. The zero-order valence-corrected chi connectivity index (χ0v) is 35.9. The highest BCUT2D eigenvalue weighted by molar-refractivity contribution is 7.08. The first kappa shape index (κ1) is 38.5. The minimum Gasteiger partial charge on any atom is -0.530 e. The van der Waals surface area contributed by atoms with Crippen LogP contribution in [-0.4, -0.2) is 16.6 Å². The number of hydrogen-bond donors (Lipinski definition) is 0. The Labute approximate surface area is 356 Å². The largest absolute Gasteiger partial charge is 0.530 e. The van der Waals surface area contributed by atoms with E-state index in [0.29, 0.717) is 0 Å². The topological polar surface area (TPSA) is 18.5 Å². The van der Waals surface area contributed by atoms with Gasteiger partial charge in [-0.25, -0.2) is 0 Å². The molecule has 2 nitrogen and oxygen atoms in total. The molecule has 4 heteroatoms. The molecule has 0 saturated carbocycles. The molecule has 0 aliphatic rings. The van der Waals surface area contributed by atoms with Gasteiger partial charge in [0.1, 0.15) is 11.5 Å². The summed E-state index contributed by atoms with van der Waals surface area (Å²) in [4.78, 5) is 0. The van der Waals surface area contributed by atoms with Crippen LogP contribution in [0, 0.1) is 13.8 Å². The lowest BCUT2D eigenvalue weighted by atomic mass is 9.94. The second-order valence-electron chi connectivity index (χ2n) is 15.2. The third-order valence-corrected chi connectivity index (χ3v) is 19.5. The van der Waals surface area contributed by atoms with Crippen molar-refractivity contribution in [2.24, 2.45) is 0 Å². The number of benzene rings is 9. The molecule has 0 spiro atoms. The summed E-state index contributed by atoms with van der Waals surface area (Å²) in [6.45, 7) is 4.37. The molecule has 0 unspecified atom stereocenters. The van der Waals surface area contributed by atoms with Gasteiger partial charge in [0.2, 0.25) is 0 Å². The summed E-state index contributed by atoms with van der Waals surface area (Å²) >= 11 is 0. The fourth-order valence-electron chi connectivity index (χ4n) is 8.62. The fraction of sp³-hybridized carbons (Fsp3) is 0.0357. The van der Waals surface area contributed by atoms with Gasteiger partial charge in [0.05, 0.1) is 0 Å². The third kappa shape index (κ3) is 7.21. The van der Waals surface area contributed by atoms with E-state index in [9.17, 15) is 0 Å². The van der Waals surface area contributed by atoms with Gasteiger partial charge in [-0.3, -0.25) is 0 Å². The van der Waals surface area contributed by atoms with Crippen LogP contribution in [0.2, 0.25) is 0 Å². The summed E-state index contributed by atoms with van der Waals surface area (Å²) in [5.41, 5.74) is 6.46. The molecule has 0 aliphatic heterocycles. The van der Waals surface area contributed by atoms with E-state index in [0.717, 1.165) is 44.9 Å². The van der Waals surface area contributed by atoms with Gasteiger partial charge in [0.25, 0.3) is 0 Å². The lowest BCUT2D eigenvalue weighted by molar-refractivity contribution is 0.564. The van der Waals surface area contributed by atoms with Crippen LogP contribution in [0.3, 0.4) is 0 Å². The third-order valence-electron chi connectivity index (χ3n) is 11.6. The van der Waals surface area contributed by atoms with Crippen LogP contribution < -0.4 is 40.0 Å². The van der Waals surface area contributed by atoms with Crippen LogP contribution in [0.15, 0.2) is 243 Å². The van der Waals surface area contributed by atoms with E-state index in [4.69, 9.17) is 8.85 Å². The molecule has 0 radical (unpaired) electrons. The standard InChI is InChI=1S/C56H46O2Si2/c1-43-25-21-23-39-51(43)53-41-56(58-60(48-33-15-6-16-34-48,49-35-17-7-18-36-49)50-37-19-8-20-38-50)54(52-40-24-22-26-44(52)2)42-55(53)57-59(45-27-9-3-10-28-45,46-29-11-4-12-30-46)47-31-13-5-14-32-47/h3-42H,1-2H3. The van der Waals surface area contributed by atoms with Crippen molar-refractivity contribution in [2.45, 2.75) is 13.8 Å². The zero-order chi connectivity index (χ0) is 40.8. The van der Waals surface area contributed by atoms with Crippen molar-refractivity contribution in [2.75, 3.05) is 0 Å². The Morgan fingerprint density at radius 1 is 0.250 bits per heavy atom. The molecule has 9 rings (SSSR count). The summed E-state index contributed by atoms with van der Waals surface area (Å²) in [6.07, 6.45) is 0. The van der Waals surface area contributed by atoms with Crippen LogP contribution >= 0.6 is 0 Å². The lowest BCUT2D eigenvalue weighted by Crippen LogP contribution is -2.71. The van der Waals surface area contributed by atoms with Crippen LogP contribution in [0.5, 0.6) is 11.5 Å². The van der Waals surface area contributed by atoms with Gasteiger partial charge in [-0.2, -0.15) is 0 Å². The molecular formula is C56H46O2Si2. The van der Waals surface area contributed by atoms with Gasteiger partial charge < -0.3 is 8.85 Å². The average Bonchev–Trinajstić information content (AvgIpc) is 3.32. The monoisotopic (exact) mass is 806 g/mol. The summed E-state index contributed by atoms with van der Waals surface area (Å²) in [5, 5.41) is 7.00. The maximum Gasteiger partial charge on any atom is 0.346 e. The molecular weight excluding hydrogens is 761 g/mol. The van der Waals surface area contributed by atoms with Crippen molar-refractivity contribution in [3.8, 4) is 33.8 Å². The Morgan fingerprint density at radius 3 is 0.700 bits per heavy atom. The van der Waals surface area contributed by atoms with Crippen molar-refractivity contribution in [1.82, 2.24) is 0 Å². The molecule has 60 heavy (non-hydrogen) atoms. The lowest BCUT2D eigenvalue weighted by Gasteiger charge is -2.36. The Morgan fingerprint density at radius 2 is 0.467 bits per heavy atom. The number of hydrogen-bond acceptors (Lipinski definition) is 2. The number of rotatable bonds is 12. The average molecular weight is 807 g/mol. The zero-order valence-electron chi connectivity index (χ0n) is 33.9. The smallest absolute Gasteiger partial charge is 0.346 e. The molecule has 9 aromatic rings. The van der Waals surface area contributed by atoms with Gasteiger partial charge in [-0.15, -0.1) is 0 Å². The second kappa shape index (κ2) is 17.1. The highest BCUT2D eigenvalue weighted by Crippen LogP contribution is 2.44. The molecule has 0 amide bonds. The Balaban J connectivity index is 1.39. The highest BCUT2D eigenvalue weighted by Gasteiger charge is 2.46. The van der Waals surface area contributed by atoms with E-state index in [1.165, 1.54) is 31.1 Å². The van der Waals surface area contributed by atoms with Crippen molar-refractivity contribution in [3.63, 3.8) is 0 Å². The SMILES string of the molecule is Cc1ccccc1-c1cc(O[Si](c2ccccc2)(c2ccccc2)c2ccccc2)c(-c2ccccc2C)cc1O[Si](c1ccccc1)(c1ccccc1)c1ccccc1. The molecule has 0 saturated heterocycles. The van der Waals surface area contributed by atoms with Gasteiger partial charge in [-0.1, -0.05) is 231 Å². The molecule has 0 heterocycles. The Hall–Kier alpha value is -6.99. The van der Waals surface area contributed by atoms with Gasteiger partial charge in [0, 0.05) is 11.1 Å². The molecule has 0 aromatic heterocycles. The predicted octanol–water partition coefficient (Wildman–Crippen LogP) is 9.73. The first-order chi connectivity index (χ1) is 29.6.